The summed E-state index contributed by atoms with van der Waals surface area (Å²) in [7, 11) is 0. The van der Waals surface area contributed by atoms with Gasteiger partial charge in [0.15, 0.2) is 5.69 Å². The quantitative estimate of drug-likeness (QED) is 0.771. The molecule has 9 nitrogen and oxygen atoms in total. The van der Waals surface area contributed by atoms with Crippen molar-refractivity contribution in [3.05, 3.63) is 30.4 Å². The van der Waals surface area contributed by atoms with Crippen LogP contribution in [0.1, 0.15) is 10.5 Å². The molecule has 0 radical (unpaired) electrons. The number of carboxylic acids is 1. The van der Waals surface area contributed by atoms with Crippen LogP contribution in [0.4, 0.5) is 18.9 Å². The minimum atomic E-state index is -4.43. The molecule has 0 fully saturated rings. The summed E-state index contributed by atoms with van der Waals surface area (Å²) in [6.07, 6.45) is -0.595. The standard InChI is InChI=1S/C12H12F3N5O4/c13-12(14,15)6-24-7-20-4-8(3-16-20)17-11(23)9-1-2-19(18-9)5-10(21)22/h1-4H,5-7H2,(H,17,23)(H,21,22). The van der Waals surface area contributed by atoms with E-state index >= 15 is 0 Å². The first-order valence-corrected chi connectivity index (χ1v) is 6.46. The van der Waals surface area contributed by atoms with E-state index in [9.17, 15) is 22.8 Å². The maximum absolute atomic E-state index is 11.9. The molecular weight excluding hydrogens is 335 g/mol. The molecule has 0 aromatic carbocycles. The zero-order chi connectivity index (χ0) is 17.7. The number of nitrogens with zero attached hydrogens (tertiary/aromatic N) is 4. The molecule has 2 aromatic heterocycles. The Hall–Kier alpha value is -2.89. The Kier molecular flexibility index (Phi) is 5.18. The van der Waals surface area contributed by atoms with Gasteiger partial charge in [-0.2, -0.15) is 23.4 Å². The first-order valence-electron chi connectivity index (χ1n) is 6.46. The Bertz CT molecular complexity index is 724. The normalized spacial score (nSPS) is 11.5. The van der Waals surface area contributed by atoms with Crippen LogP contribution in [0.15, 0.2) is 24.7 Å². The molecule has 0 saturated carbocycles. The van der Waals surface area contributed by atoms with E-state index in [0.29, 0.717) is 0 Å². The van der Waals surface area contributed by atoms with Crippen molar-refractivity contribution in [2.75, 3.05) is 11.9 Å². The second kappa shape index (κ2) is 7.12. The number of carboxylic acid groups (broad SMARTS) is 1. The van der Waals surface area contributed by atoms with E-state index in [4.69, 9.17) is 5.11 Å². The van der Waals surface area contributed by atoms with Crippen LogP contribution in [-0.2, 0) is 22.8 Å². The van der Waals surface area contributed by atoms with E-state index in [1.165, 1.54) is 24.7 Å². The van der Waals surface area contributed by atoms with Crippen molar-refractivity contribution in [3.63, 3.8) is 0 Å². The zero-order valence-electron chi connectivity index (χ0n) is 12.0. The fourth-order valence-electron chi connectivity index (χ4n) is 1.66. The average Bonchev–Trinajstić information content (AvgIpc) is 3.06. The third-order valence-corrected chi connectivity index (χ3v) is 2.55. The smallest absolute Gasteiger partial charge is 0.411 e. The molecule has 0 saturated heterocycles. The maximum Gasteiger partial charge on any atom is 0.411 e. The Morgan fingerprint density at radius 2 is 2.08 bits per heavy atom. The molecule has 24 heavy (non-hydrogen) atoms. The molecule has 12 heteroatoms. The van der Waals surface area contributed by atoms with Crippen molar-refractivity contribution in [3.8, 4) is 0 Å². The highest BCUT2D eigenvalue weighted by Crippen LogP contribution is 2.15. The molecule has 0 aliphatic carbocycles. The van der Waals surface area contributed by atoms with Gasteiger partial charge in [-0.15, -0.1) is 0 Å². The van der Waals surface area contributed by atoms with E-state index in [-0.39, 0.29) is 17.9 Å². The van der Waals surface area contributed by atoms with Gasteiger partial charge in [-0.3, -0.25) is 14.3 Å². The average molecular weight is 347 g/mol. The molecule has 0 bridgehead atoms. The summed E-state index contributed by atoms with van der Waals surface area (Å²) in [4.78, 5) is 22.5. The van der Waals surface area contributed by atoms with Crippen LogP contribution < -0.4 is 5.32 Å². The largest absolute Gasteiger partial charge is 0.480 e. The molecule has 0 aliphatic heterocycles. The third kappa shape index (κ3) is 5.39. The first kappa shape index (κ1) is 17.5. The van der Waals surface area contributed by atoms with Gasteiger partial charge in [0.25, 0.3) is 5.91 Å². The fraction of sp³-hybridized carbons (Fsp3) is 0.333. The number of hydrogen-bond acceptors (Lipinski definition) is 5. The van der Waals surface area contributed by atoms with Crippen LogP contribution in [0.2, 0.25) is 0 Å². The summed E-state index contributed by atoms with van der Waals surface area (Å²) < 4.78 is 42.4. The minimum Gasteiger partial charge on any atom is -0.480 e. The zero-order valence-corrected chi connectivity index (χ0v) is 12.0. The maximum atomic E-state index is 11.9. The van der Waals surface area contributed by atoms with Gasteiger partial charge in [-0.05, 0) is 6.07 Å². The number of nitrogens with one attached hydrogen (secondary N) is 1. The van der Waals surface area contributed by atoms with Gasteiger partial charge >= 0.3 is 12.1 Å². The number of aliphatic carboxylic acids is 1. The lowest BCUT2D eigenvalue weighted by Gasteiger charge is -2.07. The number of hydrogen-bond donors (Lipinski definition) is 2. The summed E-state index contributed by atoms with van der Waals surface area (Å²) in [6.45, 7) is -2.22. The second-order valence-corrected chi connectivity index (χ2v) is 4.61. The number of alkyl halides is 3. The van der Waals surface area contributed by atoms with Crippen LogP contribution in [0.25, 0.3) is 0 Å². The monoisotopic (exact) mass is 347 g/mol. The van der Waals surface area contributed by atoms with Gasteiger partial charge in [0.2, 0.25) is 0 Å². The summed E-state index contributed by atoms with van der Waals surface area (Å²) >= 11 is 0. The van der Waals surface area contributed by atoms with Gasteiger partial charge in [0.05, 0.1) is 18.1 Å². The van der Waals surface area contributed by atoms with Gasteiger partial charge < -0.3 is 15.2 Å². The van der Waals surface area contributed by atoms with E-state index in [1.807, 2.05) is 0 Å². The number of ether oxygens (including phenoxy) is 1. The van der Waals surface area contributed by atoms with E-state index in [1.54, 1.807) is 0 Å². The minimum absolute atomic E-state index is 0.0164. The van der Waals surface area contributed by atoms with Gasteiger partial charge in [-0.1, -0.05) is 0 Å². The van der Waals surface area contributed by atoms with Crippen molar-refractivity contribution in [2.45, 2.75) is 19.5 Å². The molecule has 130 valence electrons. The summed E-state index contributed by atoms with van der Waals surface area (Å²) in [5, 5.41) is 18.6. The first-order chi connectivity index (χ1) is 11.2. The summed E-state index contributed by atoms with van der Waals surface area (Å²) in [5.74, 6) is -1.72. The third-order valence-electron chi connectivity index (χ3n) is 2.55. The number of aromatic nitrogens is 4. The Morgan fingerprint density at radius 1 is 1.33 bits per heavy atom. The number of amides is 1. The van der Waals surface area contributed by atoms with Crippen LogP contribution in [0.5, 0.6) is 0 Å². The molecular formula is C12H12F3N5O4. The predicted molar refractivity (Wildman–Crippen MR) is 72.1 cm³/mol. The van der Waals surface area contributed by atoms with Gasteiger partial charge in [0.1, 0.15) is 19.9 Å². The SMILES string of the molecule is O=C(O)Cn1ccc(C(=O)Nc2cnn(COCC(F)(F)F)c2)n1. The van der Waals surface area contributed by atoms with Gasteiger partial charge in [-0.25, -0.2) is 4.68 Å². The van der Waals surface area contributed by atoms with Crippen molar-refractivity contribution in [1.29, 1.82) is 0 Å². The van der Waals surface area contributed by atoms with Gasteiger partial charge in [0, 0.05) is 6.20 Å². The van der Waals surface area contributed by atoms with Crippen LogP contribution in [0, 0.1) is 0 Å². The molecule has 2 N–H and O–H groups in total. The number of halogens is 3. The van der Waals surface area contributed by atoms with Crippen molar-refractivity contribution in [2.24, 2.45) is 0 Å². The highest BCUT2D eigenvalue weighted by atomic mass is 19.4. The highest BCUT2D eigenvalue weighted by molar-refractivity contribution is 6.02. The van der Waals surface area contributed by atoms with Crippen molar-refractivity contribution in [1.82, 2.24) is 19.6 Å². The molecule has 0 unspecified atom stereocenters. The van der Waals surface area contributed by atoms with E-state index in [0.717, 1.165) is 9.36 Å². The van der Waals surface area contributed by atoms with E-state index in [2.05, 4.69) is 20.3 Å². The second-order valence-electron chi connectivity index (χ2n) is 4.61. The molecule has 2 aromatic rings. The number of carbonyl (C=O) groups excluding carboxylic acids is 1. The van der Waals surface area contributed by atoms with Crippen molar-refractivity contribution < 1.29 is 32.6 Å². The Balaban J connectivity index is 1.88. The topological polar surface area (TPSA) is 111 Å². The summed E-state index contributed by atoms with van der Waals surface area (Å²) in [6, 6.07) is 1.33. The molecule has 0 spiro atoms. The molecule has 2 rings (SSSR count). The Labute approximate surface area is 132 Å². The lowest BCUT2D eigenvalue weighted by molar-refractivity contribution is -0.182. The van der Waals surface area contributed by atoms with E-state index < -0.39 is 31.4 Å². The lowest BCUT2D eigenvalue weighted by Crippen LogP contribution is -2.18. The van der Waals surface area contributed by atoms with Crippen LogP contribution in [0.3, 0.4) is 0 Å². The lowest BCUT2D eigenvalue weighted by atomic mass is 10.4. The number of anilines is 1. The fourth-order valence-corrected chi connectivity index (χ4v) is 1.66. The number of rotatable bonds is 7. The Morgan fingerprint density at radius 3 is 2.75 bits per heavy atom. The molecule has 1 amide bonds. The molecule has 2 heterocycles. The number of carbonyl (C=O) groups is 2. The molecule has 0 aliphatic rings. The summed E-state index contributed by atoms with van der Waals surface area (Å²) in [5.41, 5.74) is 0.209. The molecule has 0 atom stereocenters. The van der Waals surface area contributed by atoms with Crippen molar-refractivity contribution >= 4 is 17.6 Å². The van der Waals surface area contributed by atoms with Crippen LogP contribution in [-0.4, -0.2) is 49.3 Å². The predicted octanol–water partition coefficient (Wildman–Crippen LogP) is 0.953. The highest BCUT2D eigenvalue weighted by Gasteiger charge is 2.27. The van der Waals surface area contributed by atoms with Crippen LogP contribution >= 0.6 is 0 Å².